The monoisotopic (exact) mass is 671 g/mol. The van der Waals surface area contributed by atoms with Gasteiger partial charge in [-0.25, -0.2) is 9.67 Å². The first-order chi connectivity index (χ1) is 21.5. The van der Waals surface area contributed by atoms with Crippen LogP contribution in [0.5, 0.6) is 0 Å². The average Bonchev–Trinajstić information content (AvgIpc) is 3.63. The number of pyridine rings is 1. The van der Waals surface area contributed by atoms with Crippen LogP contribution in [-0.4, -0.2) is 51.0 Å². The van der Waals surface area contributed by atoms with Crippen LogP contribution in [0.25, 0.3) is 22.4 Å². The molecular weight excluding hydrogens is 629 g/mol. The van der Waals surface area contributed by atoms with Gasteiger partial charge in [0.1, 0.15) is 23.7 Å². The molecular formula is C33H43Cl2N5O4Si. The summed E-state index contributed by atoms with van der Waals surface area (Å²) in [7, 11) is -1.17. The second kappa shape index (κ2) is 13.0. The molecule has 4 aromatic rings. The number of ether oxygens (including phenoxy) is 2. The van der Waals surface area contributed by atoms with E-state index in [-0.39, 0.29) is 17.9 Å². The number of aromatic nitrogens is 5. The third kappa shape index (κ3) is 6.73. The lowest BCUT2D eigenvalue weighted by Gasteiger charge is -2.47. The highest BCUT2D eigenvalue weighted by Gasteiger charge is 2.48. The first-order valence-corrected chi connectivity index (χ1v) is 20.5. The quantitative estimate of drug-likeness (QED) is 0.119. The molecule has 1 N–H and O–H groups in total. The topological polar surface area (TPSA) is 108 Å². The summed E-state index contributed by atoms with van der Waals surface area (Å²) in [5, 5.41) is 26.4. The minimum atomic E-state index is -1.17. The van der Waals surface area contributed by atoms with Gasteiger partial charge in [0.25, 0.3) is 0 Å². The van der Waals surface area contributed by atoms with Crippen LogP contribution in [0.4, 0.5) is 0 Å². The molecule has 2 fully saturated rings. The fraction of sp³-hybridized carbons (Fsp3) is 0.576. The van der Waals surface area contributed by atoms with E-state index in [1.807, 2.05) is 24.3 Å². The predicted molar refractivity (Wildman–Crippen MR) is 178 cm³/mol. The number of hydrogen-bond donors (Lipinski definition) is 1. The number of benzene rings is 1. The third-order valence-corrected chi connectivity index (χ3v) is 11.8. The van der Waals surface area contributed by atoms with Crippen LogP contribution in [-0.2, 0) is 28.4 Å². The Morgan fingerprint density at radius 1 is 1.16 bits per heavy atom. The number of rotatable bonds is 12. The second-order valence-corrected chi connectivity index (χ2v) is 20.4. The Balaban J connectivity index is 1.17. The molecule has 12 heteroatoms. The molecule has 9 nitrogen and oxygen atoms in total. The normalized spacial score (nSPS) is 24.0. The molecule has 0 unspecified atom stereocenters. The van der Waals surface area contributed by atoms with Crippen molar-refractivity contribution in [3.8, 4) is 11.3 Å². The summed E-state index contributed by atoms with van der Waals surface area (Å²) in [6.07, 6.45) is 6.06. The standard InChI is InChI=1S/C33H43Cl2N5O4Si/c1-6-22-15-24(43-18-25-30(38-44-31(25)21-10-11-21)29-26(34)8-7-9-27(29)35)14-20(2)33(22,41)23-16-28-32(36-17-23)40(39-37-28)19-42-12-13-45(3,4)5/h7-9,16-17,20-22,24,41H,6,10-15,18-19H2,1-5H3/t20-,22+,24-,33+/m0/s1. The molecule has 0 radical (unpaired) electrons. The summed E-state index contributed by atoms with van der Waals surface area (Å²) in [6.45, 7) is 12.5. The third-order valence-electron chi connectivity index (χ3n) is 9.48. The van der Waals surface area contributed by atoms with Gasteiger partial charge in [-0.05, 0) is 61.8 Å². The zero-order valence-electron chi connectivity index (χ0n) is 26.7. The van der Waals surface area contributed by atoms with Crippen molar-refractivity contribution >= 4 is 42.4 Å². The summed E-state index contributed by atoms with van der Waals surface area (Å²) in [4.78, 5) is 4.70. The van der Waals surface area contributed by atoms with Crippen LogP contribution >= 0.6 is 23.2 Å². The molecule has 0 bridgehead atoms. The van der Waals surface area contributed by atoms with E-state index < -0.39 is 13.7 Å². The predicted octanol–water partition coefficient (Wildman–Crippen LogP) is 8.21. The Morgan fingerprint density at radius 3 is 2.60 bits per heavy atom. The molecule has 0 amide bonds. The summed E-state index contributed by atoms with van der Waals surface area (Å²) >= 11 is 13.1. The van der Waals surface area contributed by atoms with Crippen molar-refractivity contribution in [2.75, 3.05) is 6.61 Å². The van der Waals surface area contributed by atoms with Crippen molar-refractivity contribution in [1.29, 1.82) is 0 Å². The van der Waals surface area contributed by atoms with Crippen molar-refractivity contribution in [3.05, 3.63) is 57.4 Å². The smallest absolute Gasteiger partial charge is 0.180 e. The van der Waals surface area contributed by atoms with Gasteiger partial charge in [0.15, 0.2) is 5.65 Å². The zero-order chi connectivity index (χ0) is 31.9. The molecule has 4 atom stereocenters. The van der Waals surface area contributed by atoms with Crippen molar-refractivity contribution < 1.29 is 19.1 Å². The molecule has 0 aliphatic heterocycles. The number of nitrogens with zero attached hydrogens (tertiary/aromatic N) is 5. The highest BCUT2D eigenvalue weighted by atomic mass is 35.5. The summed E-state index contributed by atoms with van der Waals surface area (Å²) in [5.74, 6) is 1.10. The molecule has 3 heterocycles. The maximum Gasteiger partial charge on any atom is 0.180 e. The van der Waals surface area contributed by atoms with Gasteiger partial charge in [-0.2, -0.15) is 0 Å². The van der Waals surface area contributed by atoms with E-state index in [0.717, 1.165) is 42.2 Å². The molecule has 242 valence electrons. The highest BCUT2D eigenvalue weighted by molar-refractivity contribution is 6.76. The van der Waals surface area contributed by atoms with Crippen molar-refractivity contribution in [2.45, 2.75) is 103 Å². The minimum Gasteiger partial charge on any atom is -0.385 e. The lowest BCUT2D eigenvalue weighted by molar-refractivity contribution is -0.141. The molecule has 3 aromatic heterocycles. The Bertz CT molecular complexity index is 1630. The molecule has 6 rings (SSSR count). The van der Waals surface area contributed by atoms with E-state index in [9.17, 15) is 5.11 Å². The van der Waals surface area contributed by atoms with Crippen molar-refractivity contribution in [2.24, 2.45) is 11.8 Å². The van der Waals surface area contributed by atoms with Crippen LogP contribution in [0, 0.1) is 11.8 Å². The zero-order valence-corrected chi connectivity index (χ0v) is 29.2. The van der Waals surface area contributed by atoms with E-state index >= 15 is 0 Å². The molecule has 1 aromatic carbocycles. The SMILES string of the molecule is CC[C@@H]1C[C@@H](OCc2c(-c3c(Cl)cccc3Cl)noc2C2CC2)C[C@H](C)[C@]1(O)c1cnc2c(c1)nnn2COCC[Si](C)(C)C. The van der Waals surface area contributed by atoms with Crippen molar-refractivity contribution in [3.63, 3.8) is 0 Å². The van der Waals surface area contributed by atoms with Gasteiger partial charge in [-0.15, -0.1) is 5.10 Å². The number of hydrogen-bond acceptors (Lipinski definition) is 8. The van der Waals surface area contributed by atoms with Gasteiger partial charge in [0.2, 0.25) is 0 Å². The fourth-order valence-corrected chi connectivity index (χ4v) is 7.98. The lowest BCUT2D eigenvalue weighted by atomic mass is 9.64. The fourth-order valence-electron chi connectivity index (χ4n) is 6.65. The summed E-state index contributed by atoms with van der Waals surface area (Å²) in [5.41, 5.74) is 3.24. The Morgan fingerprint density at radius 2 is 1.91 bits per heavy atom. The lowest BCUT2D eigenvalue weighted by Crippen LogP contribution is -2.48. The Hall–Kier alpha value is -2.34. The first-order valence-electron chi connectivity index (χ1n) is 16.0. The molecule has 2 aliphatic carbocycles. The van der Waals surface area contributed by atoms with Crippen LogP contribution in [0.3, 0.4) is 0 Å². The molecule has 0 spiro atoms. The van der Waals surface area contributed by atoms with Crippen LogP contribution in [0.15, 0.2) is 35.0 Å². The number of aliphatic hydroxyl groups is 1. The highest BCUT2D eigenvalue weighted by Crippen LogP contribution is 2.49. The van der Waals surface area contributed by atoms with Gasteiger partial charge >= 0.3 is 0 Å². The van der Waals surface area contributed by atoms with Crippen LogP contribution in [0.2, 0.25) is 35.7 Å². The molecule has 45 heavy (non-hydrogen) atoms. The van der Waals surface area contributed by atoms with Gasteiger partial charge in [-0.1, -0.05) is 79.5 Å². The number of fused-ring (bicyclic) bond motifs is 1. The van der Waals surface area contributed by atoms with E-state index in [1.165, 1.54) is 0 Å². The maximum atomic E-state index is 12.3. The van der Waals surface area contributed by atoms with Gasteiger partial charge < -0.3 is 19.1 Å². The second-order valence-electron chi connectivity index (χ2n) is 14.0. The summed E-state index contributed by atoms with van der Waals surface area (Å²) in [6, 6.07) is 8.46. The number of halogens is 2. The van der Waals surface area contributed by atoms with E-state index in [1.54, 1.807) is 10.9 Å². The molecule has 2 saturated carbocycles. The summed E-state index contributed by atoms with van der Waals surface area (Å²) < 4.78 is 20.0. The van der Waals surface area contributed by atoms with Crippen LogP contribution < -0.4 is 0 Å². The van der Waals surface area contributed by atoms with E-state index in [4.69, 9.17) is 42.2 Å². The van der Waals surface area contributed by atoms with E-state index in [2.05, 4.69) is 49.0 Å². The largest absolute Gasteiger partial charge is 0.385 e. The van der Waals surface area contributed by atoms with Gasteiger partial charge in [0.05, 0.1) is 28.4 Å². The Kier molecular flexibility index (Phi) is 9.45. The minimum absolute atomic E-state index is 0.0340. The van der Waals surface area contributed by atoms with E-state index in [0.29, 0.717) is 71.2 Å². The van der Waals surface area contributed by atoms with Crippen molar-refractivity contribution in [1.82, 2.24) is 25.1 Å². The van der Waals surface area contributed by atoms with Gasteiger partial charge in [0, 0.05) is 43.5 Å². The average molecular weight is 673 g/mol. The van der Waals surface area contributed by atoms with Gasteiger partial charge in [-0.3, -0.25) is 0 Å². The Labute approximate surface area is 275 Å². The van der Waals surface area contributed by atoms with Crippen LogP contribution in [0.1, 0.15) is 68.8 Å². The maximum absolute atomic E-state index is 12.3. The molecule has 0 saturated heterocycles. The first kappa shape index (κ1) is 32.6. The molecule has 2 aliphatic rings.